The summed E-state index contributed by atoms with van der Waals surface area (Å²) in [4.78, 5) is 4.52. The van der Waals surface area contributed by atoms with Gasteiger partial charge in [0.15, 0.2) is 0 Å². The summed E-state index contributed by atoms with van der Waals surface area (Å²) in [7, 11) is 2.06. The fraction of sp³-hybridized carbons (Fsp3) is 0.667. The molecule has 3 unspecified atom stereocenters. The van der Waals surface area contributed by atoms with Gasteiger partial charge in [0.1, 0.15) is 0 Å². The van der Waals surface area contributed by atoms with Crippen LogP contribution in [0.25, 0.3) is 0 Å². The Morgan fingerprint density at radius 2 is 2.17 bits per heavy atom. The van der Waals surface area contributed by atoms with Crippen LogP contribution in [0.15, 0.2) is 22.8 Å². The summed E-state index contributed by atoms with van der Waals surface area (Å²) >= 11 is 3.44. The molecule has 1 fully saturated rings. The zero-order chi connectivity index (χ0) is 13.0. The molecule has 1 heterocycles. The lowest BCUT2D eigenvalue weighted by Gasteiger charge is -2.34. The first-order chi connectivity index (χ1) is 8.69. The van der Waals surface area contributed by atoms with Crippen molar-refractivity contribution in [2.75, 3.05) is 13.6 Å². The van der Waals surface area contributed by atoms with E-state index in [0.717, 1.165) is 35.2 Å². The molecule has 0 bridgehead atoms. The molecule has 1 aromatic heterocycles. The zero-order valence-electron chi connectivity index (χ0n) is 11.3. The van der Waals surface area contributed by atoms with Gasteiger partial charge in [-0.2, -0.15) is 0 Å². The van der Waals surface area contributed by atoms with E-state index in [-0.39, 0.29) is 0 Å². The first kappa shape index (κ1) is 14.0. The van der Waals surface area contributed by atoms with Crippen molar-refractivity contribution in [3.8, 4) is 0 Å². The molecule has 0 aliphatic heterocycles. The highest BCUT2D eigenvalue weighted by Gasteiger charge is 2.28. The smallest absolute Gasteiger partial charge is 0.0413 e. The zero-order valence-corrected chi connectivity index (χ0v) is 12.9. The average molecular weight is 311 g/mol. The molecule has 0 aromatic carbocycles. The van der Waals surface area contributed by atoms with Crippen molar-refractivity contribution in [1.82, 2.24) is 10.3 Å². The molecule has 1 saturated carbocycles. The SMILES string of the molecule is CNCC1CCC(C)CC1Cc1ccc(Br)cn1. The van der Waals surface area contributed by atoms with Crippen molar-refractivity contribution in [3.05, 3.63) is 28.5 Å². The number of nitrogens with zero attached hydrogens (tertiary/aromatic N) is 1. The molecule has 0 radical (unpaired) electrons. The van der Waals surface area contributed by atoms with Gasteiger partial charge in [-0.1, -0.05) is 13.3 Å². The summed E-state index contributed by atoms with van der Waals surface area (Å²) in [6.45, 7) is 3.53. The van der Waals surface area contributed by atoms with Crippen LogP contribution in [-0.2, 0) is 6.42 Å². The second-order valence-corrected chi connectivity index (χ2v) is 6.58. The van der Waals surface area contributed by atoms with Crippen LogP contribution in [-0.4, -0.2) is 18.6 Å². The van der Waals surface area contributed by atoms with E-state index in [2.05, 4.69) is 52.3 Å². The van der Waals surface area contributed by atoms with E-state index < -0.39 is 0 Å². The van der Waals surface area contributed by atoms with Crippen LogP contribution in [0.3, 0.4) is 0 Å². The van der Waals surface area contributed by atoms with Crippen molar-refractivity contribution in [1.29, 1.82) is 0 Å². The van der Waals surface area contributed by atoms with Crippen LogP contribution in [0.1, 0.15) is 31.9 Å². The van der Waals surface area contributed by atoms with E-state index in [1.165, 1.54) is 25.0 Å². The lowest BCUT2D eigenvalue weighted by atomic mass is 9.72. The van der Waals surface area contributed by atoms with Gasteiger partial charge in [-0.05, 0) is 78.7 Å². The number of aromatic nitrogens is 1. The Labute approximate surface area is 119 Å². The van der Waals surface area contributed by atoms with Gasteiger partial charge in [-0.15, -0.1) is 0 Å². The molecule has 1 N–H and O–H groups in total. The number of hydrogen-bond donors (Lipinski definition) is 1. The molecule has 0 amide bonds. The highest BCUT2D eigenvalue weighted by molar-refractivity contribution is 9.10. The molecule has 0 saturated heterocycles. The molecule has 0 spiro atoms. The van der Waals surface area contributed by atoms with E-state index in [1.807, 2.05) is 6.20 Å². The van der Waals surface area contributed by atoms with Crippen LogP contribution >= 0.6 is 15.9 Å². The summed E-state index contributed by atoms with van der Waals surface area (Å²) in [6.07, 6.45) is 7.14. The van der Waals surface area contributed by atoms with Crippen LogP contribution in [0.2, 0.25) is 0 Å². The van der Waals surface area contributed by atoms with E-state index in [1.54, 1.807) is 0 Å². The number of pyridine rings is 1. The van der Waals surface area contributed by atoms with Crippen LogP contribution in [0.4, 0.5) is 0 Å². The first-order valence-corrected chi connectivity index (χ1v) is 7.73. The lowest BCUT2D eigenvalue weighted by molar-refractivity contribution is 0.185. The predicted molar refractivity (Wildman–Crippen MR) is 79.6 cm³/mol. The van der Waals surface area contributed by atoms with Gasteiger partial charge in [0.25, 0.3) is 0 Å². The third-order valence-corrected chi connectivity index (χ3v) is 4.60. The third-order valence-electron chi connectivity index (χ3n) is 4.13. The fourth-order valence-corrected chi connectivity index (χ4v) is 3.37. The Bertz CT molecular complexity index is 363. The Hall–Kier alpha value is -0.410. The molecular weight excluding hydrogens is 288 g/mol. The second kappa shape index (κ2) is 6.67. The maximum Gasteiger partial charge on any atom is 0.0413 e. The van der Waals surface area contributed by atoms with Crippen LogP contribution in [0.5, 0.6) is 0 Å². The summed E-state index contributed by atoms with van der Waals surface area (Å²) in [5.41, 5.74) is 1.23. The average Bonchev–Trinajstić information content (AvgIpc) is 2.36. The Kier molecular flexibility index (Phi) is 5.19. The summed E-state index contributed by atoms with van der Waals surface area (Å²) in [6, 6.07) is 4.25. The van der Waals surface area contributed by atoms with Gasteiger partial charge in [-0.25, -0.2) is 0 Å². The molecule has 100 valence electrons. The maximum absolute atomic E-state index is 4.52. The quantitative estimate of drug-likeness (QED) is 0.918. The largest absolute Gasteiger partial charge is 0.319 e. The fourth-order valence-electron chi connectivity index (χ4n) is 3.14. The topological polar surface area (TPSA) is 24.9 Å². The molecule has 3 heteroatoms. The molecule has 1 aromatic rings. The molecule has 1 aliphatic rings. The van der Waals surface area contributed by atoms with Gasteiger partial charge in [-0.3, -0.25) is 4.98 Å². The molecule has 2 rings (SSSR count). The van der Waals surface area contributed by atoms with Gasteiger partial charge >= 0.3 is 0 Å². The minimum absolute atomic E-state index is 0.787. The van der Waals surface area contributed by atoms with Crippen LogP contribution in [0, 0.1) is 17.8 Å². The Morgan fingerprint density at radius 1 is 1.33 bits per heavy atom. The standard InChI is InChI=1S/C15H23BrN2/c1-11-3-4-12(9-17-2)13(7-11)8-15-6-5-14(16)10-18-15/h5-6,10-13,17H,3-4,7-9H2,1-2H3. The highest BCUT2D eigenvalue weighted by atomic mass is 79.9. The van der Waals surface area contributed by atoms with Crippen molar-refractivity contribution in [3.63, 3.8) is 0 Å². The molecule has 2 nitrogen and oxygen atoms in total. The maximum atomic E-state index is 4.52. The van der Waals surface area contributed by atoms with Gasteiger partial charge in [0, 0.05) is 16.4 Å². The van der Waals surface area contributed by atoms with Crippen molar-refractivity contribution in [2.24, 2.45) is 17.8 Å². The van der Waals surface area contributed by atoms with Crippen LogP contribution < -0.4 is 5.32 Å². The molecule has 18 heavy (non-hydrogen) atoms. The summed E-state index contributed by atoms with van der Waals surface area (Å²) in [5, 5.41) is 3.35. The number of hydrogen-bond acceptors (Lipinski definition) is 2. The minimum atomic E-state index is 0.787. The van der Waals surface area contributed by atoms with E-state index in [4.69, 9.17) is 0 Å². The van der Waals surface area contributed by atoms with Crippen molar-refractivity contribution in [2.45, 2.75) is 32.6 Å². The first-order valence-electron chi connectivity index (χ1n) is 6.94. The van der Waals surface area contributed by atoms with E-state index in [0.29, 0.717) is 0 Å². The summed E-state index contributed by atoms with van der Waals surface area (Å²) in [5.74, 6) is 2.48. The highest BCUT2D eigenvalue weighted by Crippen LogP contribution is 2.35. The van der Waals surface area contributed by atoms with Crippen molar-refractivity contribution >= 4 is 15.9 Å². The minimum Gasteiger partial charge on any atom is -0.319 e. The number of nitrogens with one attached hydrogen (secondary N) is 1. The van der Waals surface area contributed by atoms with Gasteiger partial charge in [0.05, 0.1) is 0 Å². The normalized spacial score (nSPS) is 28.3. The Balaban J connectivity index is 2.01. The molecular formula is C15H23BrN2. The lowest BCUT2D eigenvalue weighted by Crippen LogP contribution is -2.32. The molecule has 3 atom stereocenters. The monoisotopic (exact) mass is 310 g/mol. The Morgan fingerprint density at radius 3 is 2.83 bits per heavy atom. The summed E-state index contributed by atoms with van der Waals surface area (Å²) < 4.78 is 1.06. The second-order valence-electron chi connectivity index (χ2n) is 5.67. The third kappa shape index (κ3) is 3.79. The predicted octanol–water partition coefficient (Wildman–Crippen LogP) is 3.66. The van der Waals surface area contributed by atoms with Gasteiger partial charge < -0.3 is 5.32 Å². The number of halogens is 1. The van der Waals surface area contributed by atoms with Crippen molar-refractivity contribution < 1.29 is 0 Å². The van der Waals surface area contributed by atoms with E-state index >= 15 is 0 Å². The molecule has 1 aliphatic carbocycles. The van der Waals surface area contributed by atoms with E-state index in [9.17, 15) is 0 Å². The number of rotatable bonds is 4. The van der Waals surface area contributed by atoms with Gasteiger partial charge in [0.2, 0.25) is 0 Å².